The van der Waals surface area contributed by atoms with Crippen molar-refractivity contribution in [1.29, 1.82) is 0 Å². The molecule has 0 aliphatic rings. The first-order chi connectivity index (χ1) is 15.7. The number of alkyl halides is 3. The largest absolute Gasteiger partial charge is 0.435 e. The average Bonchev–Trinajstić information content (AvgIpc) is 3.23. The highest BCUT2D eigenvalue weighted by Gasteiger charge is 2.36. The van der Waals surface area contributed by atoms with E-state index in [4.69, 9.17) is 0 Å². The van der Waals surface area contributed by atoms with Crippen molar-refractivity contribution in [2.24, 2.45) is 0 Å². The summed E-state index contributed by atoms with van der Waals surface area (Å²) < 4.78 is 55.3. The summed E-state index contributed by atoms with van der Waals surface area (Å²) in [5, 5.41) is 5.99. The predicted molar refractivity (Wildman–Crippen MR) is 117 cm³/mol. The van der Waals surface area contributed by atoms with Crippen LogP contribution in [-0.4, -0.2) is 15.7 Å². The zero-order chi connectivity index (χ0) is 23.6. The monoisotopic (exact) mass is 453 g/mol. The number of aryl methyl sites for hydroxylation is 1. The summed E-state index contributed by atoms with van der Waals surface area (Å²) in [4.78, 5) is 12.9. The second kappa shape index (κ2) is 8.90. The normalized spacial score (nSPS) is 11.4. The molecule has 1 N–H and O–H groups in total. The second-order valence-corrected chi connectivity index (χ2v) is 7.59. The van der Waals surface area contributed by atoms with E-state index >= 15 is 0 Å². The van der Waals surface area contributed by atoms with E-state index in [1.54, 1.807) is 31.2 Å². The number of nitrogens with zero attached hydrogens (tertiary/aromatic N) is 2. The van der Waals surface area contributed by atoms with Gasteiger partial charge < -0.3 is 5.32 Å². The lowest BCUT2D eigenvalue weighted by Gasteiger charge is -2.11. The summed E-state index contributed by atoms with van der Waals surface area (Å²) in [7, 11) is 0. The van der Waals surface area contributed by atoms with E-state index in [1.807, 2.05) is 30.3 Å². The van der Waals surface area contributed by atoms with Gasteiger partial charge in [0.25, 0.3) is 5.91 Å². The minimum absolute atomic E-state index is 0.126. The van der Waals surface area contributed by atoms with Crippen LogP contribution in [0.2, 0.25) is 0 Å². The molecule has 0 unspecified atom stereocenters. The number of hydrogen-bond acceptors (Lipinski definition) is 2. The maximum absolute atomic E-state index is 14.4. The molecule has 0 saturated carbocycles. The Morgan fingerprint density at radius 2 is 1.70 bits per heavy atom. The number of carbonyl (C=O) groups is 1. The third-order valence-corrected chi connectivity index (χ3v) is 5.01. The van der Waals surface area contributed by atoms with Crippen molar-refractivity contribution < 1.29 is 22.4 Å². The van der Waals surface area contributed by atoms with Crippen LogP contribution in [0.25, 0.3) is 5.69 Å². The molecule has 0 spiro atoms. The van der Waals surface area contributed by atoms with E-state index in [9.17, 15) is 22.4 Å². The highest BCUT2D eigenvalue weighted by atomic mass is 19.4. The first-order valence-corrected chi connectivity index (χ1v) is 10.1. The van der Waals surface area contributed by atoms with Crippen LogP contribution >= 0.6 is 0 Å². The fraction of sp³-hybridized carbons (Fsp3) is 0.120. The molecule has 0 fully saturated rings. The molecule has 1 amide bonds. The zero-order valence-electron chi connectivity index (χ0n) is 17.5. The fourth-order valence-corrected chi connectivity index (χ4v) is 3.43. The fourth-order valence-electron chi connectivity index (χ4n) is 3.43. The van der Waals surface area contributed by atoms with Gasteiger partial charge in [-0.25, -0.2) is 9.07 Å². The van der Waals surface area contributed by atoms with Gasteiger partial charge in [-0.2, -0.15) is 18.3 Å². The van der Waals surface area contributed by atoms with Gasteiger partial charge in [0, 0.05) is 6.07 Å². The molecule has 4 nitrogen and oxygen atoms in total. The maximum Gasteiger partial charge on any atom is 0.435 e. The second-order valence-electron chi connectivity index (χ2n) is 7.59. The van der Waals surface area contributed by atoms with Gasteiger partial charge in [0.1, 0.15) is 11.5 Å². The Balaban J connectivity index is 1.67. The van der Waals surface area contributed by atoms with Crippen LogP contribution in [-0.2, 0) is 12.6 Å². The lowest BCUT2D eigenvalue weighted by atomic mass is 10.0. The molecule has 0 aliphatic carbocycles. The van der Waals surface area contributed by atoms with E-state index in [0.29, 0.717) is 12.5 Å². The van der Waals surface area contributed by atoms with Crippen LogP contribution in [0.1, 0.15) is 32.9 Å². The third kappa shape index (κ3) is 5.11. The number of nitrogens with one attached hydrogen (secondary N) is 1. The Labute approximate surface area is 187 Å². The standard InChI is InChI=1S/C25H19F4N3O/c1-16-6-5-9-19(12-16)32-22(15-23(31-32)25(27,28)29)24(33)30-21-14-18(10-11-20(21)26)13-17-7-3-2-4-8-17/h2-12,14-15H,13H2,1H3,(H,30,33). The summed E-state index contributed by atoms with van der Waals surface area (Å²) in [6.07, 6.45) is -4.24. The Morgan fingerprint density at radius 3 is 2.39 bits per heavy atom. The van der Waals surface area contributed by atoms with Crippen LogP contribution in [0.3, 0.4) is 0 Å². The van der Waals surface area contributed by atoms with Gasteiger partial charge in [-0.05, 0) is 54.3 Å². The zero-order valence-corrected chi connectivity index (χ0v) is 17.5. The number of rotatable bonds is 5. The van der Waals surface area contributed by atoms with Gasteiger partial charge in [0.15, 0.2) is 5.69 Å². The molecule has 0 bridgehead atoms. The third-order valence-electron chi connectivity index (χ3n) is 5.01. The topological polar surface area (TPSA) is 46.9 Å². The van der Waals surface area contributed by atoms with Crippen LogP contribution in [0, 0.1) is 12.7 Å². The maximum atomic E-state index is 14.4. The predicted octanol–water partition coefficient (Wildman–Crippen LogP) is 6.18. The van der Waals surface area contributed by atoms with Gasteiger partial charge >= 0.3 is 6.18 Å². The van der Waals surface area contributed by atoms with Gasteiger partial charge in [-0.15, -0.1) is 0 Å². The summed E-state index contributed by atoms with van der Waals surface area (Å²) in [6, 6.07) is 21.0. The number of carbonyl (C=O) groups excluding carboxylic acids is 1. The molecule has 3 aromatic carbocycles. The van der Waals surface area contributed by atoms with Crippen LogP contribution in [0.4, 0.5) is 23.2 Å². The van der Waals surface area contributed by atoms with Crippen molar-refractivity contribution >= 4 is 11.6 Å². The number of aromatic nitrogens is 2. The molecular weight excluding hydrogens is 434 g/mol. The molecule has 4 rings (SSSR count). The summed E-state index contributed by atoms with van der Waals surface area (Å²) in [6.45, 7) is 1.77. The molecule has 8 heteroatoms. The molecule has 0 radical (unpaired) electrons. The lowest BCUT2D eigenvalue weighted by Crippen LogP contribution is -2.18. The van der Waals surface area contributed by atoms with Crippen LogP contribution in [0.15, 0.2) is 78.9 Å². The van der Waals surface area contributed by atoms with Crippen molar-refractivity contribution in [3.05, 3.63) is 113 Å². The minimum atomic E-state index is -4.75. The minimum Gasteiger partial charge on any atom is -0.318 e. The highest BCUT2D eigenvalue weighted by molar-refractivity contribution is 6.03. The first kappa shape index (κ1) is 22.3. The van der Waals surface area contributed by atoms with Crippen molar-refractivity contribution in [3.63, 3.8) is 0 Å². The number of hydrogen-bond donors (Lipinski definition) is 1. The van der Waals surface area contributed by atoms with Crippen molar-refractivity contribution in [1.82, 2.24) is 9.78 Å². The molecule has 0 saturated heterocycles. The van der Waals surface area contributed by atoms with Crippen LogP contribution in [0.5, 0.6) is 0 Å². The number of anilines is 1. The quantitative estimate of drug-likeness (QED) is 0.367. The Bertz CT molecular complexity index is 1300. The number of halogens is 4. The highest BCUT2D eigenvalue weighted by Crippen LogP contribution is 2.30. The summed E-state index contributed by atoms with van der Waals surface area (Å²) >= 11 is 0. The smallest absolute Gasteiger partial charge is 0.318 e. The molecule has 1 heterocycles. The van der Waals surface area contributed by atoms with Crippen molar-refractivity contribution in [2.75, 3.05) is 5.32 Å². The summed E-state index contributed by atoms with van der Waals surface area (Å²) in [5.41, 5.74) is 1.10. The van der Waals surface area contributed by atoms with Gasteiger partial charge in [-0.3, -0.25) is 4.79 Å². The molecule has 33 heavy (non-hydrogen) atoms. The number of benzene rings is 3. The number of amides is 1. The average molecular weight is 453 g/mol. The SMILES string of the molecule is Cc1cccc(-n2nc(C(F)(F)F)cc2C(=O)Nc2cc(Cc3ccccc3)ccc2F)c1. The molecular formula is C25H19F4N3O. The molecule has 4 aromatic rings. The Hall–Kier alpha value is -3.94. The van der Waals surface area contributed by atoms with Gasteiger partial charge in [-0.1, -0.05) is 48.5 Å². The molecule has 168 valence electrons. The Kier molecular flexibility index (Phi) is 6.00. The Morgan fingerprint density at radius 1 is 0.939 bits per heavy atom. The van der Waals surface area contributed by atoms with E-state index in [-0.39, 0.29) is 17.1 Å². The molecule has 0 atom stereocenters. The van der Waals surface area contributed by atoms with E-state index in [2.05, 4.69) is 10.4 Å². The van der Waals surface area contributed by atoms with Gasteiger partial charge in [0.05, 0.1) is 11.4 Å². The van der Waals surface area contributed by atoms with Crippen molar-refractivity contribution in [2.45, 2.75) is 19.5 Å². The molecule has 1 aromatic heterocycles. The lowest BCUT2D eigenvalue weighted by molar-refractivity contribution is -0.141. The van der Waals surface area contributed by atoms with E-state index in [0.717, 1.165) is 21.4 Å². The summed E-state index contributed by atoms with van der Waals surface area (Å²) in [5.74, 6) is -1.60. The van der Waals surface area contributed by atoms with Crippen molar-refractivity contribution in [3.8, 4) is 5.69 Å². The first-order valence-electron chi connectivity index (χ1n) is 10.1. The van der Waals surface area contributed by atoms with E-state index in [1.165, 1.54) is 18.2 Å². The van der Waals surface area contributed by atoms with Crippen LogP contribution < -0.4 is 5.32 Å². The molecule has 0 aliphatic heterocycles. The van der Waals surface area contributed by atoms with Gasteiger partial charge in [0.2, 0.25) is 0 Å². The van der Waals surface area contributed by atoms with E-state index < -0.39 is 23.6 Å².